The Hall–Kier alpha value is -0.610. The average Bonchev–Trinajstić information content (AvgIpc) is 2.54. The first-order chi connectivity index (χ1) is 6.69. The fraction of sp³-hybridized carbons (Fsp3) is 0.900. The summed E-state index contributed by atoms with van der Waals surface area (Å²) in [6.45, 7) is 4.69. The number of amides is 1. The van der Waals surface area contributed by atoms with Gasteiger partial charge in [0.25, 0.3) is 0 Å². The van der Waals surface area contributed by atoms with Crippen LogP contribution >= 0.6 is 0 Å². The zero-order valence-electron chi connectivity index (χ0n) is 9.03. The highest BCUT2D eigenvalue weighted by Crippen LogP contribution is 2.19. The van der Waals surface area contributed by atoms with Gasteiger partial charge in [0.2, 0.25) is 5.91 Å². The van der Waals surface area contributed by atoms with E-state index in [1.165, 1.54) is 0 Å². The first-order valence-electron chi connectivity index (χ1n) is 5.21. The minimum absolute atomic E-state index is 0.0862. The van der Waals surface area contributed by atoms with E-state index in [4.69, 9.17) is 10.5 Å². The fourth-order valence-electron chi connectivity index (χ4n) is 2.16. The Balaban J connectivity index is 2.43. The second-order valence-corrected chi connectivity index (χ2v) is 3.93. The van der Waals surface area contributed by atoms with Crippen molar-refractivity contribution in [2.24, 2.45) is 11.7 Å². The normalized spacial score (nSPS) is 25.1. The van der Waals surface area contributed by atoms with Crippen molar-refractivity contribution in [3.8, 4) is 0 Å². The molecule has 0 radical (unpaired) electrons. The second kappa shape index (κ2) is 5.32. The highest BCUT2D eigenvalue weighted by molar-refractivity contribution is 5.79. The molecule has 14 heavy (non-hydrogen) atoms. The summed E-state index contributed by atoms with van der Waals surface area (Å²) in [6.07, 6.45) is 1.91. The van der Waals surface area contributed by atoms with E-state index in [-0.39, 0.29) is 11.9 Å². The molecule has 2 N–H and O–H groups in total. The largest absolute Gasteiger partial charge is 0.384 e. The van der Waals surface area contributed by atoms with Gasteiger partial charge in [0, 0.05) is 13.7 Å². The standard InChI is InChI=1S/C10H20N2O2/c1-3-9(10(11)13)12-5-4-8(6-12)7-14-2/h8-9H,3-7H2,1-2H3,(H2,11,13). The zero-order chi connectivity index (χ0) is 10.6. The number of ether oxygens (including phenoxy) is 1. The monoisotopic (exact) mass is 200 g/mol. The maximum atomic E-state index is 11.1. The number of hydrogen-bond acceptors (Lipinski definition) is 3. The maximum Gasteiger partial charge on any atom is 0.234 e. The molecular weight excluding hydrogens is 180 g/mol. The summed E-state index contributed by atoms with van der Waals surface area (Å²) < 4.78 is 5.11. The van der Waals surface area contributed by atoms with E-state index in [1.54, 1.807) is 7.11 Å². The van der Waals surface area contributed by atoms with Gasteiger partial charge in [0.05, 0.1) is 12.6 Å². The van der Waals surface area contributed by atoms with Gasteiger partial charge in [-0.1, -0.05) is 6.92 Å². The average molecular weight is 200 g/mol. The number of rotatable bonds is 5. The SMILES string of the molecule is CCC(C(N)=O)N1CCC(COC)C1. The molecule has 4 nitrogen and oxygen atoms in total. The van der Waals surface area contributed by atoms with Crippen LogP contribution in [0.4, 0.5) is 0 Å². The Morgan fingerprint density at radius 1 is 1.71 bits per heavy atom. The molecule has 1 saturated heterocycles. The number of likely N-dealkylation sites (tertiary alicyclic amines) is 1. The topological polar surface area (TPSA) is 55.6 Å². The molecule has 0 spiro atoms. The van der Waals surface area contributed by atoms with Crippen LogP contribution in [-0.4, -0.2) is 43.7 Å². The number of carbonyl (C=O) groups excluding carboxylic acids is 1. The summed E-state index contributed by atoms with van der Waals surface area (Å²) in [4.78, 5) is 13.3. The lowest BCUT2D eigenvalue weighted by Gasteiger charge is -2.23. The molecule has 0 aliphatic carbocycles. The van der Waals surface area contributed by atoms with Crippen LogP contribution in [0.25, 0.3) is 0 Å². The summed E-state index contributed by atoms with van der Waals surface area (Å²) >= 11 is 0. The highest BCUT2D eigenvalue weighted by atomic mass is 16.5. The van der Waals surface area contributed by atoms with Gasteiger partial charge in [-0.25, -0.2) is 0 Å². The Labute approximate surface area is 85.4 Å². The third kappa shape index (κ3) is 2.69. The Kier molecular flexibility index (Phi) is 4.35. The first-order valence-corrected chi connectivity index (χ1v) is 5.21. The molecule has 1 amide bonds. The Morgan fingerprint density at radius 2 is 2.43 bits per heavy atom. The molecule has 1 rings (SSSR count). The van der Waals surface area contributed by atoms with Crippen molar-refractivity contribution in [1.82, 2.24) is 4.90 Å². The van der Waals surface area contributed by atoms with Crippen molar-refractivity contribution in [3.63, 3.8) is 0 Å². The minimum Gasteiger partial charge on any atom is -0.384 e. The molecule has 0 aromatic heterocycles. The van der Waals surface area contributed by atoms with E-state index in [0.29, 0.717) is 5.92 Å². The smallest absolute Gasteiger partial charge is 0.234 e. The number of primary amides is 1. The van der Waals surface area contributed by atoms with Crippen LogP contribution in [0.1, 0.15) is 19.8 Å². The van der Waals surface area contributed by atoms with Gasteiger partial charge in [-0.15, -0.1) is 0 Å². The number of nitrogens with zero attached hydrogens (tertiary/aromatic N) is 1. The predicted molar refractivity (Wildman–Crippen MR) is 54.8 cm³/mol. The number of carbonyl (C=O) groups is 1. The van der Waals surface area contributed by atoms with Gasteiger partial charge in [-0.2, -0.15) is 0 Å². The van der Waals surface area contributed by atoms with E-state index in [1.807, 2.05) is 6.92 Å². The van der Waals surface area contributed by atoms with Crippen LogP contribution in [-0.2, 0) is 9.53 Å². The van der Waals surface area contributed by atoms with Crippen molar-refractivity contribution in [2.75, 3.05) is 26.8 Å². The van der Waals surface area contributed by atoms with E-state index in [0.717, 1.165) is 32.5 Å². The Morgan fingerprint density at radius 3 is 2.93 bits per heavy atom. The second-order valence-electron chi connectivity index (χ2n) is 3.93. The third-order valence-corrected chi connectivity index (χ3v) is 2.88. The molecule has 0 aromatic carbocycles. The van der Waals surface area contributed by atoms with Crippen molar-refractivity contribution in [2.45, 2.75) is 25.8 Å². The van der Waals surface area contributed by atoms with E-state index >= 15 is 0 Å². The summed E-state index contributed by atoms with van der Waals surface area (Å²) in [6, 6.07) is -0.0862. The molecule has 0 bridgehead atoms. The third-order valence-electron chi connectivity index (χ3n) is 2.88. The van der Waals surface area contributed by atoms with Crippen molar-refractivity contribution in [1.29, 1.82) is 0 Å². The van der Waals surface area contributed by atoms with E-state index < -0.39 is 0 Å². The maximum absolute atomic E-state index is 11.1. The minimum atomic E-state index is -0.203. The van der Waals surface area contributed by atoms with Gasteiger partial charge in [0.15, 0.2) is 0 Å². The Bertz CT molecular complexity index is 197. The summed E-state index contributed by atoms with van der Waals surface area (Å²) in [5.74, 6) is 0.360. The first kappa shape index (κ1) is 11.5. The quantitative estimate of drug-likeness (QED) is 0.690. The highest BCUT2D eigenvalue weighted by Gasteiger charge is 2.29. The number of nitrogens with two attached hydrogens (primary N) is 1. The lowest BCUT2D eigenvalue weighted by molar-refractivity contribution is -0.123. The number of methoxy groups -OCH3 is 1. The summed E-state index contributed by atoms with van der Waals surface area (Å²) in [5, 5.41) is 0. The van der Waals surface area contributed by atoms with Crippen LogP contribution in [0.3, 0.4) is 0 Å². The van der Waals surface area contributed by atoms with Crippen LogP contribution in [0.5, 0.6) is 0 Å². The predicted octanol–water partition coefficient (Wildman–Crippen LogP) is 0.219. The number of hydrogen-bond donors (Lipinski definition) is 1. The van der Waals surface area contributed by atoms with Gasteiger partial charge in [-0.3, -0.25) is 9.69 Å². The van der Waals surface area contributed by atoms with Crippen molar-refractivity contribution in [3.05, 3.63) is 0 Å². The molecular formula is C10H20N2O2. The van der Waals surface area contributed by atoms with Crippen LogP contribution in [0.2, 0.25) is 0 Å². The molecule has 1 heterocycles. The van der Waals surface area contributed by atoms with Crippen LogP contribution in [0, 0.1) is 5.92 Å². The van der Waals surface area contributed by atoms with Crippen molar-refractivity contribution < 1.29 is 9.53 Å². The summed E-state index contributed by atoms with van der Waals surface area (Å²) in [5.41, 5.74) is 5.33. The molecule has 1 aliphatic rings. The van der Waals surface area contributed by atoms with Gasteiger partial charge in [-0.05, 0) is 25.3 Å². The molecule has 1 aliphatic heterocycles. The summed E-state index contributed by atoms with van der Waals surface area (Å²) in [7, 11) is 1.72. The fourth-order valence-corrected chi connectivity index (χ4v) is 2.16. The van der Waals surface area contributed by atoms with E-state index in [2.05, 4.69) is 4.90 Å². The lowest BCUT2D eigenvalue weighted by Crippen LogP contribution is -2.43. The van der Waals surface area contributed by atoms with Gasteiger partial charge in [0.1, 0.15) is 0 Å². The van der Waals surface area contributed by atoms with Crippen LogP contribution < -0.4 is 5.73 Å². The molecule has 82 valence electrons. The molecule has 2 atom stereocenters. The van der Waals surface area contributed by atoms with E-state index in [9.17, 15) is 4.79 Å². The van der Waals surface area contributed by atoms with Crippen molar-refractivity contribution >= 4 is 5.91 Å². The molecule has 0 saturated carbocycles. The molecule has 1 fully saturated rings. The van der Waals surface area contributed by atoms with Crippen LogP contribution in [0.15, 0.2) is 0 Å². The molecule has 4 heteroatoms. The molecule has 2 unspecified atom stereocenters. The van der Waals surface area contributed by atoms with Gasteiger partial charge >= 0.3 is 0 Å². The zero-order valence-corrected chi connectivity index (χ0v) is 9.03. The molecule has 0 aromatic rings. The lowest BCUT2D eigenvalue weighted by atomic mass is 10.1. The van der Waals surface area contributed by atoms with Gasteiger partial charge < -0.3 is 10.5 Å².